The first kappa shape index (κ1) is 11.4. The number of aliphatic hydroxyl groups is 4. The van der Waals surface area contributed by atoms with Crippen molar-refractivity contribution in [2.45, 2.75) is 31.2 Å². The molecule has 1 rings (SSSR count). The molecule has 0 radical (unpaired) electrons. The first-order valence-corrected chi connectivity index (χ1v) is 4.38. The maximum absolute atomic E-state index is 11.1. The highest BCUT2D eigenvalue weighted by molar-refractivity contribution is 5.72. The lowest BCUT2D eigenvalue weighted by molar-refractivity contribution is -0.166. The van der Waals surface area contributed by atoms with Crippen molar-refractivity contribution in [3.8, 4) is 0 Å². The van der Waals surface area contributed by atoms with Crippen molar-refractivity contribution in [1.82, 2.24) is 0 Å². The van der Waals surface area contributed by atoms with Crippen molar-refractivity contribution in [3.63, 3.8) is 0 Å². The Morgan fingerprint density at radius 1 is 1.21 bits per heavy atom. The summed E-state index contributed by atoms with van der Waals surface area (Å²) in [5, 5.41) is 36.0. The molecule has 82 valence electrons. The van der Waals surface area contributed by atoms with Gasteiger partial charge in [-0.15, -0.1) is 0 Å². The molecule has 1 fully saturated rings. The number of hydrogen-bond donors (Lipinski definition) is 4. The molecule has 0 aromatic heterocycles. The molecule has 1 aliphatic carbocycles. The van der Waals surface area contributed by atoms with Crippen molar-refractivity contribution in [1.29, 1.82) is 0 Å². The van der Waals surface area contributed by atoms with Crippen LogP contribution >= 0.6 is 0 Å². The first-order valence-electron chi connectivity index (χ1n) is 4.38. The Hall–Kier alpha value is -0.690. The van der Waals surface area contributed by atoms with Gasteiger partial charge in [-0.2, -0.15) is 0 Å². The van der Waals surface area contributed by atoms with Gasteiger partial charge < -0.3 is 25.2 Å². The lowest BCUT2D eigenvalue weighted by Gasteiger charge is -2.32. The minimum absolute atomic E-state index is 0.0388. The summed E-state index contributed by atoms with van der Waals surface area (Å²) in [5.41, 5.74) is 0. The van der Waals surface area contributed by atoms with Crippen molar-refractivity contribution >= 4 is 5.97 Å². The minimum Gasteiger partial charge on any atom is -0.438 e. The van der Waals surface area contributed by atoms with Gasteiger partial charge in [-0.25, -0.2) is 0 Å². The molecule has 2 atom stereocenters. The van der Waals surface area contributed by atoms with Gasteiger partial charge in [-0.3, -0.25) is 4.79 Å². The van der Waals surface area contributed by atoms with E-state index in [1.165, 1.54) is 0 Å². The molecule has 4 N–H and O–H groups in total. The highest BCUT2D eigenvalue weighted by atomic mass is 16.6. The molecule has 0 aromatic carbocycles. The van der Waals surface area contributed by atoms with Crippen LogP contribution in [0.3, 0.4) is 0 Å². The lowest BCUT2D eigenvalue weighted by atomic mass is 9.83. The molecule has 1 aliphatic rings. The molecule has 6 nitrogen and oxygen atoms in total. The highest BCUT2D eigenvalue weighted by Crippen LogP contribution is 2.26. The third kappa shape index (κ3) is 2.42. The number of hydrogen-bond acceptors (Lipinski definition) is 6. The second-order valence-corrected chi connectivity index (χ2v) is 3.39. The summed E-state index contributed by atoms with van der Waals surface area (Å²) < 4.78 is 4.33. The van der Waals surface area contributed by atoms with Gasteiger partial charge in [0, 0.05) is 0 Å². The fourth-order valence-electron chi connectivity index (χ4n) is 1.59. The number of carbonyl (C=O) groups is 1. The molecule has 0 amide bonds. The maximum Gasteiger partial charge on any atom is 0.311 e. The number of rotatable bonds is 2. The largest absolute Gasteiger partial charge is 0.438 e. The van der Waals surface area contributed by atoms with Crippen molar-refractivity contribution in [3.05, 3.63) is 0 Å². The monoisotopic (exact) mass is 206 g/mol. The Morgan fingerprint density at radius 2 is 1.71 bits per heavy atom. The molecule has 0 heterocycles. The van der Waals surface area contributed by atoms with E-state index in [0.29, 0.717) is 0 Å². The summed E-state index contributed by atoms with van der Waals surface area (Å²) >= 11 is 0. The molecule has 2 unspecified atom stereocenters. The number of ether oxygens (including phenoxy) is 1. The summed E-state index contributed by atoms with van der Waals surface area (Å²) in [7, 11) is 0. The summed E-state index contributed by atoms with van der Waals surface area (Å²) in [6.45, 7) is -0.718. The third-order valence-electron chi connectivity index (χ3n) is 2.38. The average Bonchev–Trinajstić information content (AvgIpc) is 2.13. The van der Waals surface area contributed by atoms with Crippen LogP contribution < -0.4 is 0 Å². The topological polar surface area (TPSA) is 107 Å². The van der Waals surface area contributed by atoms with Gasteiger partial charge in [0.1, 0.15) is 6.10 Å². The predicted molar refractivity (Wildman–Crippen MR) is 43.9 cm³/mol. The van der Waals surface area contributed by atoms with Gasteiger partial charge in [-0.05, 0) is 12.8 Å². The normalized spacial score (nSPS) is 38.0. The zero-order chi connectivity index (χ0) is 10.7. The Labute approximate surface area is 80.7 Å². The molecule has 0 saturated heterocycles. The molecule has 0 spiro atoms. The van der Waals surface area contributed by atoms with E-state index in [4.69, 9.17) is 5.11 Å². The third-order valence-corrected chi connectivity index (χ3v) is 2.38. The Balaban J connectivity index is 2.53. The molecule has 0 aromatic rings. The SMILES string of the molecule is O=C(OCO)C1CC(O)C(O)C(O)C1. The van der Waals surface area contributed by atoms with Crippen LogP contribution in [0.15, 0.2) is 0 Å². The van der Waals surface area contributed by atoms with Crippen LogP contribution in [0.5, 0.6) is 0 Å². The van der Waals surface area contributed by atoms with E-state index < -0.39 is 37.0 Å². The van der Waals surface area contributed by atoms with E-state index in [0.717, 1.165) is 0 Å². The van der Waals surface area contributed by atoms with Crippen LogP contribution in [0.25, 0.3) is 0 Å². The minimum atomic E-state index is -1.21. The fourth-order valence-corrected chi connectivity index (χ4v) is 1.59. The van der Waals surface area contributed by atoms with E-state index >= 15 is 0 Å². The zero-order valence-electron chi connectivity index (χ0n) is 7.54. The Kier molecular flexibility index (Phi) is 3.82. The van der Waals surface area contributed by atoms with Gasteiger partial charge in [-0.1, -0.05) is 0 Å². The van der Waals surface area contributed by atoms with E-state index in [2.05, 4.69) is 4.74 Å². The van der Waals surface area contributed by atoms with Gasteiger partial charge in [0.05, 0.1) is 18.1 Å². The summed E-state index contributed by atoms with van der Waals surface area (Å²) in [4.78, 5) is 11.1. The highest BCUT2D eigenvalue weighted by Gasteiger charge is 2.38. The lowest BCUT2D eigenvalue weighted by Crippen LogP contribution is -2.46. The summed E-state index contributed by atoms with van der Waals surface area (Å²) in [6, 6.07) is 0. The maximum atomic E-state index is 11.1. The van der Waals surface area contributed by atoms with Crippen LogP contribution in [0.1, 0.15) is 12.8 Å². The molecular weight excluding hydrogens is 192 g/mol. The molecule has 1 saturated carbocycles. The fraction of sp³-hybridized carbons (Fsp3) is 0.875. The van der Waals surface area contributed by atoms with Crippen LogP contribution in [-0.2, 0) is 9.53 Å². The second kappa shape index (κ2) is 4.70. The zero-order valence-corrected chi connectivity index (χ0v) is 7.54. The molecule has 0 bridgehead atoms. The molecule has 6 heteroatoms. The number of carbonyl (C=O) groups excluding carboxylic acids is 1. The predicted octanol–water partition coefficient (Wildman–Crippen LogP) is -2.03. The van der Waals surface area contributed by atoms with Crippen LogP contribution in [-0.4, -0.2) is 51.5 Å². The Bertz CT molecular complexity index is 194. The van der Waals surface area contributed by atoms with E-state index in [9.17, 15) is 20.1 Å². The van der Waals surface area contributed by atoms with Gasteiger partial charge in [0.25, 0.3) is 0 Å². The summed E-state index contributed by atoms with van der Waals surface area (Å²) in [6.07, 6.45) is -3.40. The summed E-state index contributed by atoms with van der Waals surface area (Å²) in [5.74, 6) is -1.34. The van der Waals surface area contributed by atoms with E-state index in [1.807, 2.05) is 0 Å². The molecule has 14 heavy (non-hydrogen) atoms. The van der Waals surface area contributed by atoms with E-state index in [-0.39, 0.29) is 12.8 Å². The van der Waals surface area contributed by atoms with Gasteiger partial charge in [0.2, 0.25) is 0 Å². The van der Waals surface area contributed by atoms with Crippen LogP contribution in [0.4, 0.5) is 0 Å². The number of esters is 1. The smallest absolute Gasteiger partial charge is 0.311 e. The molecule has 0 aliphatic heterocycles. The molecular formula is C8H14O6. The van der Waals surface area contributed by atoms with Crippen molar-refractivity contribution in [2.24, 2.45) is 5.92 Å². The van der Waals surface area contributed by atoms with Crippen molar-refractivity contribution < 1.29 is 30.0 Å². The van der Waals surface area contributed by atoms with E-state index in [1.54, 1.807) is 0 Å². The van der Waals surface area contributed by atoms with Crippen LogP contribution in [0.2, 0.25) is 0 Å². The van der Waals surface area contributed by atoms with Crippen molar-refractivity contribution in [2.75, 3.05) is 6.79 Å². The number of aliphatic hydroxyl groups excluding tert-OH is 4. The Morgan fingerprint density at radius 3 is 2.14 bits per heavy atom. The van der Waals surface area contributed by atoms with Gasteiger partial charge in [0.15, 0.2) is 6.79 Å². The quantitative estimate of drug-likeness (QED) is 0.306. The first-order chi connectivity index (χ1) is 6.56. The van der Waals surface area contributed by atoms with Crippen LogP contribution in [0, 0.1) is 5.92 Å². The average molecular weight is 206 g/mol. The second-order valence-electron chi connectivity index (χ2n) is 3.39. The standard InChI is InChI=1S/C8H14O6/c9-3-14-8(13)4-1-5(10)7(12)6(11)2-4/h4-7,9-12H,1-3H2. The van der Waals surface area contributed by atoms with Gasteiger partial charge >= 0.3 is 5.97 Å².